The zero-order chi connectivity index (χ0) is 17.5. The number of primary amides is 1. The van der Waals surface area contributed by atoms with Crippen molar-refractivity contribution in [1.29, 1.82) is 0 Å². The highest BCUT2D eigenvalue weighted by Crippen LogP contribution is 2.15. The minimum atomic E-state index is -0.371. The Morgan fingerprint density at radius 3 is 1.35 bits per heavy atom. The molecule has 0 aromatic carbocycles. The van der Waals surface area contributed by atoms with Crippen LogP contribution >= 0.6 is 0 Å². The molecule has 4 nitrogen and oxygen atoms in total. The lowest BCUT2D eigenvalue weighted by Crippen LogP contribution is -2.19. The Balaban J connectivity index is 3.29. The number of Topliss-reactive ketones (excluding diaryl/α,β-unsaturated/α-hetero) is 2. The highest BCUT2D eigenvalue weighted by molar-refractivity contribution is 6.00. The van der Waals surface area contributed by atoms with E-state index < -0.39 is 0 Å². The second-order valence-corrected chi connectivity index (χ2v) is 6.67. The van der Waals surface area contributed by atoms with E-state index in [0.29, 0.717) is 6.42 Å². The zero-order valence-corrected chi connectivity index (χ0v) is 15.1. The minimum absolute atomic E-state index is 0.00771. The van der Waals surface area contributed by atoms with Crippen molar-refractivity contribution in [3.63, 3.8) is 0 Å². The molecule has 0 aliphatic heterocycles. The van der Waals surface area contributed by atoms with E-state index in [1.54, 1.807) is 0 Å². The molecular weight excluding hydrogens is 290 g/mol. The van der Waals surface area contributed by atoms with Gasteiger partial charge in [-0.1, -0.05) is 64.2 Å². The van der Waals surface area contributed by atoms with Crippen molar-refractivity contribution in [2.75, 3.05) is 0 Å². The van der Waals surface area contributed by atoms with Crippen molar-refractivity contribution in [3.05, 3.63) is 0 Å². The van der Waals surface area contributed by atoms with Gasteiger partial charge in [0.05, 0.1) is 5.92 Å². The molecule has 2 N–H and O–H groups in total. The Kier molecular flexibility index (Phi) is 13.7. The molecule has 0 radical (unpaired) electrons. The monoisotopic (exact) mass is 325 g/mol. The fraction of sp³-hybridized carbons (Fsp3) is 0.842. The van der Waals surface area contributed by atoms with Crippen LogP contribution in [0.25, 0.3) is 0 Å². The predicted molar refractivity (Wildman–Crippen MR) is 94.1 cm³/mol. The lowest BCUT2D eigenvalue weighted by Gasteiger charge is -2.09. The summed E-state index contributed by atoms with van der Waals surface area (Å²) in [4.78, 5) is 33.2. The molecule has 0 aromatic heterocycles. The van der Waals surface area contributed by atoms with Gasteiger partial charge < -0.3 is 5.73 Å². The molecule has 0 fully saturated rings. The maximum atomic E-state index is 11.3. The summed E-state index contributed by atoms with van der Waals surface area (Å²) in [6, 6.07) is 0. The van der Waals surface area contributed by atoms with E-state index in [4.69, 9.17) is 5.73 Å². The average Bonchev–Trinajstić information content (AvgIpc) is 2.46. The fourth-order valence-electron chi connectivity index (χ4n) is 2.93. The molecule has 0 saturated carbocycles. The maximum Gasteiger partial charge on any atom is 0.217 e. The van der Waals surface area contributed by atoms with Crippen molar-refractivity contribution < 1.29 is 14.4 Å². The molecule has 0 rings (SSSR count). The van der Waals surface area contributed by atoms with Crippen LogP contribution in [0, 0.1) is 5.92 Å². The second-order valence-electron chi connectivity index (χ2n) is 6.67. The van der Waals surface area contributed by atoms with E-state index in [1.807, 2.05) is 0 Å². The highest BCUT2D eigenvalue weighted by atomic mass is 16.2. The Morgan fingerprint density at radius 2 is 1.00 bits per heavy atom. The molecule has 0 saturated heterocycles. The third-order valence-electron chi connectivity index (χ3n) is 4.40. The van der Waals surface area contributed by atoms with Crippen molar-refractivity contribution in [3.8, 4) is 0 Å². The zero-order valence-electron chi connectivity index (χ0n) is 15.1. The van der Waals surface area contributed by atoms with Crippen molar-refractivity contribution in [2.45, 2.75) is 97.3 Å². The first-order chi connectivity index (χ1) is 10.9. The van der Waals surface area contributed by atoms with Crippen LogP contribution in [0.5, 0.6) is 0 Å². The Hall–Kier alpha value is -1.19. The van der Waals surface area contributed by atoms with Gasteiger partial charge in [-0.25, -0.2) is 0 Å². The van der Waals surface area contributed by atoms with E-state index in [-0.39, 0.29) is 23.4 Å². The van der Waals surface area contributed by atoms with Crippen LogP contribution < -0.4 is 5.73 Å². The van der Waals surface area contributed by atoms with E-state index >= 15 is 0 Å². The molecular formula is C19H35NO3. The molecule has 0 heterocycles. The van der Waals surface area contributed by atoms with Gasteiger partial charge in [-0.05, 0) is 26.7 Å². The standard InChI is InChI=1S/C19H35NO3/c1-16(21)18(17(2)22)14-12-10-8-6-4-3-5-7-9-11-13-15-19(20)23/h18H,3-15H2,1-2H3,(H2,20,23). The maximum absolute atomic E-state index is 11.3. The minimum Gasteiger partial charge on any atom is -0.370 e. The number of nitrogens with two attached hydrogens (primary N) is 1. The van der Waals surface area contributed by atoms with E-state index in [0.717, 1.165) is 32.1 Å². The van der Waals surface area contributed by atoms with Gasteiger partial charge in [-0.2, -0.15) is 0 Å². The van der Waals surface area contributed by atoms with Crippen molar-refractivity contribution >= 4 is 17.5 Å². The van der Waals surface area contributed by atoms with Crippen molar-refractivity contribution in [1.82, 2.24) is 0 Å². The van der Waals surface area contributed by atoms with E-state index in [1.165, 1.54) is 58.8 Å². The van der Waals surface area contributed by atoms with Gasteiger partial charge in [0.15, 0.2) is 0 Å². The summed E-state index contributed by atoms with van der Waals surface area (Å²) in [5, 5.41) is 0. The molecule has 134 valence electrons. The number of rotatable bonds is 16. The van der Waals surface area contributed by atoms with Gasteiger partial charge in [0.2, 0.25) is 5.91 Å². The quantitative estimate of drug-likeness (QED) is 0.339. The summed E-state index contributed by atoms with van der Waals surface area (Å²) in [6.45, 7) is 3.03. The van der Waals surface area contributed by atoms with Crippen molar-refractivity contribution in [2.24, 2.45) is 11.7 Å². The van der Waals surface area contributed by atoms with Gasteiger partial charge in [-0.3, -0.25) is 14.4 Å². The first-order valence-electron chi connectivity index (χ1n) is 9.24. The van der Waals surface area contributed by atoms with Gasteiger partial charge in [0.1, 0.15) is 11.6 Å². The Morgan fingerprint density at radius 1 is 0.652 bits per heavy atom. The number of hydrogen-bond acceptors (Lipinski definition) is 3. The SMILES string of the molecule is CC(=O)C(CCCCCCCCCCCCCC(N)=O)C(C)=O. The van der Waals surface area contributed by atoms with Crippen LogP contribution in [0.3, 0.4) is 0 Å². The number of hydrogen-bond donors (Lipinski definition) is 1. The largest absolute Gasteiger partial charge is 0.370 e. The molecule has 0 bridgehead atoms. The highest BCUT2D eigenvalue weighted by Gasteiger charge is 2.18. The second kappa shape index (κ2) is 14.4. The number of ketones is 2. The number of amides is 1. The molecule has 0 spiro atoms. The van der Waals surface area contributed by atoms with Gasteiger partial charge in [-0.15, -0.1) is 0 Å². The number of carbonyl (C=O) groups is 3. The summed E-state index contributed by atoms with van der Waals surface area (Å²) in [5.74, 6) is -0.547. The van der Waals surface area contributed by atoms with Crippen LogP contribution in [0.1, 0.15) is 97.3 Å². The molecule has 0 aliphatic rings. The lowest BCUT2D eigenvalue weighted by atomic mass is 9.93. The van der Waals surface area contributed by atoms with E-state index in [2.05, 4.69) is 0 Å². The van der Waals surface area contributed by atoms with E-state index in [9.17, 15) is 14.4 Å². The predicted octanol–water partition coefficient (Wildman–Crippen LogP) is 4.34. The number of carbonyl (C=O) groups excluding carboxylic acids is 3. The molecule has 0 unspecified atom stereocenters. The van der Waals surface area contributed by atoms with Gasteiger partial charge >= 0.3 is 0 Å². The van der Waals surface area contributed by atoms with Gasteiger partial charge in [0.25, 0.3) is 0 Å². The molecule has 1 amide bonds. The number of unbranched alkanes of at least 4 members (excludes halogenated alkanes) is 10. The molecule has 0 atom stereocenters. The first kappa shape index (κ1) is 21.8. The third-order valence-corrected chi connectivity index (χ3v) is 4.40. The molecule has 0 aliphatic carbocycles. The summed E-state index contributed by atoms with van der Waals surface area (Å²) < 4.78 is 0. The average molecular weight is 325 g/mol. The summed E-state index contributed by atoms with van der Waals surface area (Å²) in [6.07, 6.45) is 14.1. The van der Waals surface area contributed by atoms with Crippen LogP contribution in [0.15, 0.2) is 0 Å². The van der Waals surface area contributed by atoms with Crippen LogP contribution in [-0.4, -0.2) is 17.5 Å². The first-order valence-corrected chi connectivity index (χ1v) is 9.24. The Bertz CT molecular complexity index is 339. The fourth-order valence-corrected chi connectivity index (χ4v) is 2.93. The summed E-state index contributed by atoms with van der Waals surface area (Å²) in [7, 11) is 0. The molecule has 23 heavy (non-hydrogen) atoms. The third kappa shape index (κ3) is 14.2. The normalized spacial score (nSPS) is 10.9. The molecule has 0 aromatic rings. The van der Waals surface area contributed by atoms with Crippen LogP contribution in [0.2, 0.25) is 0 Å². The topological polar surface area (TPSA) is 77.2 Å². The summed E-state index contributed by atoms with van der Waals surface area (Å²) in [5.41, 5.74) is 5.10. The van der Waals surface area contributed by atoms with Crippen LogP contribution in [-0.2, 0) is 14.4 Å². The Labute approximate surface area is 141 Å². The van der Waals surface area contributed by atoms with Gasteiger partial charge in [0, 0.05) is 6.42 Å². The summed E-state index contributed by atoms with van der Waals surface area (Å²) >= 11 is 0. The van der Waals surface area contributed by atoms with Crippen LogP contribution in [0.4, 0.5) is 0 Å². The molecule has 4 heteroatoms. The smallest absolute Gasteiger partial charge is 0.217 e. The lowest BCUT2D eigenvalue weighted by molar-refractivity contribution is -0.130.